The highest BCUT2D eigenvalue weighted by Gasteiger charge is 2.30. The molecule has 0 radical (unpaired) electrons. The molecule has 33 heavy (non-hydrogen) atoms. The fourth-order valence-corrected chi connectivity index (χ4v) is 4.80. The zero-order valence-corrected chi connectivity index (χ0v) is 18.7. The van der Waals surface area contributed by atoms with E-state index in [0.29, 0.717) is 6.61 Å². The van der Waals surface area contributed by atoms with Gasteiger partial charge in [-0.2, -0.15) is 5.10 Å². The molecule has 162 valence electrons. The maximum atomic E-state index is 6.44. The van der Waals surface area contributed by atoms with Crippen molar-refractivity contribution in [3.8, 4) is 17.0 Å². The van der Waals surface area contributed by atoms with E-state index in [2.05, 4.69) is 89.7 Å². The normalized spacial score (nSPS) is 14.4. The number of nitrogens with zero attached hydrogens (tertiary/aromatic N) is 2. The molecule has 2 heterocycles. The lowest BCUT2D eigenvalue weighted by Crippen LogP contribution is -2.27. The van der Waals surface area contributed by atoms with Crippen LogP contribution in [-0.2, 0) is 6.61 Å². The summed E-state index contributed by atoms with van der Waals surface area (Å²) >= 11 is 0. The van der Waals surface area contributed by atoms with Crippen LogP contribution in [0.25, 0.3) is 22.0 Å². The van der Waals surface area contributed by atoms with E-state index in [1.54, 1.807) is 0 Å². The molecule has 4 nitrogen and oxygen atoms in total. The van der Waals surface area contributed by atoms with Crippen LogP contribution in [0.2, 0.25) is 0 Å². The van der Waals surface area contributed by atoms with Gasteiger partial charge in [-0.1, -0.05) is 78.9 Å². The summed E-state index contributed by atoms with van der Waals surface area (Å²) in [5, 5.41) is 11.1. The van der Waals surface area contributed by atoms with Crippen LogP contribution in [0.1, 0.15) is 28.6 Å². The molecule has 1 aliphatic heterocycles. The molecule has 1 atom stereocenters. The van der Waals surface area contributed by atoms with Crippen LogP contribution in [-0.4, -0.2) is 9.78 Å². The first-order chi connectivity index (χ1) is 16.2. The molecule has 0 amide bonds. The third-order valence-electron chi connectivity index (χ3n) is 6.37. The van der Waals surface area contributed by atoms with Crippen LogP contribution in [0.15, 0.2) is 91.0 Å². The molecule has 1 N–H and O–H groups in total. The largest absolute Gasteiger partial charge is 0.488 e. The Morgan fingerprint density at radius 1 is 0.879 bits per heavy atom. The second kappa shape index (κ2) is 7.82. The Labute approximate surface area is 193 Å². The van der Waals surface area contributed by atoms with Gasteiger partial charge in [-0.05, 0) is 47.9 Å². The Morgan fingerprint density at radius 3 is 2.58 bits per heavy atom. The summed E-state index contributed by atoms with van der Waals surface area (Å²) < 4.78 is 8.55. The van der Waals surface area contributed by atoms with Crippen LogP contribution in [0, 0.1) is 13.8 Å². The number of benzene rings is 4. The smallest absolute Gasteiger partial charge is 0.151 e. The van der Waals surface area contributed by atoms with Gasteiger partial charge in [-0.15, -0.1) is 0 Å². The molecule has 0 aliphatic carbocycles. The predicted molar refractivity (Wildman–Crippen MR) is 134 cm³/mol. The zero-order valence-electron chi connectivity index (χ0n) is 18.7. The van der Waals surface area contributed by atoms with Gasteiger partial charge in [-0.25, -0.2) is 4.68 Å². The number of aromatic nitrogens is 2. The number of anilines is 1. The Hall–Kier alpha value is -4.05. The standard InChI is InChI=1S/C29H25N3O/c1-19-9-8-14-24-25-17-20(2)31-32(25)29(30-28(19)24)27-23-13-7-6-12-22(23)15-16-26(27)33-18-21-10-4-3-5-11-21/h3-17,29-30H,18H2,1-2H3/t29-/m1/s1. The fourth-order valence-electron chi connectivity index (χ4n) is 4.80. The van der Waals surface area contributed by atoms with Crippen LogP contribution in [0.3, 0.4) is 0 Å². The number of ether oxygens (including phenoxy) is 1. The molecule has 4 heteroatoms. The number of hydrogen-bond donors (Lipinski definition) is 1. The average Bonchev–Trinajstić information content (AvgIpc) is 3.25. The van der Waals surface area contributed by atoms with E-state index in [4.69, 9.17) is 9.84 Å². The zero-order chi connectivity index (χ0) is 22.4. The highest BCUT2D eigenvalue weighted by Crippen LogP contribution is 2.44. The molecule has 0 unspecified atom stereocenters. The summed E-state index contributed by atoms with van der Waals surface area (Å²) in [4.78, 5) is 0. The Balaban J connectivity index is 1.53. The van der Waals surface area contributed by atoms with E-state index in [9.17, 15) is 0 Å². The summed E-state index contributed by atoms with van der Waals surface area (Å²) in [6, 6.07) is 31.6. The van der Waals surface area contributed by atoms with Gasteiger partial charge in [0.05, 0.1) is 11.4 Å². The number of fused-ring (bicyclic) bond motifs is 4. The van der Waals surface area contributed by atoms with Crippen molar-refractivity contribution in [3.05, 3.63) is 113 Å². The van der Waals surface area contributed by atoms with Gasteiger partial charge in [-0.3, -0.25) is 0 Å². The first-order valence-electron chi connectivity index (χ1n) is 11.3. The van der Waals surface area contributed by atoms with E-state index in [1.165, 1.54) is 16.5 Å². The van der Waals surface area contributed by atoms with Gasteiger partial charge < -0.3 is 10.1 Å². The lowest BCUT2D eigenvalue weighted by atomic mass is 9.97. The summed E-state index contributed by atoms with van der Waals surface area (Å²) in [7, 11) is 0. The van der Waals surface area contributed by atoms with Gasteiger partial charge in [0.2, 0.25) is 0 Å². The summed E-state index contributed by atoms with van der Waals surface area (Å²) in [5.74, 6) is 0.867. The minimum absolute atomic E-state index is 0.181. The lowest BCUT2D eigenvalue weighted by Gasteiger charge is -2.32. The number of aryl methyl sites for hydroxylation is 2. The Kier molecular flexibility index (Phi) is 4.65. The van der Waals surface area contributed by atoms with Crippen LogP contribution >= 0.6 is 0 Å². The third kappa shape index (κ3) is 3.35. The predicted octanol–water partition coefficient (Wildman–Crippen LogP) is 6.87. The molecule has 0 spiro atoms. The van der Waals surface area contributed by atoms with E-state index in [-0.39, 0.29) is 6.17 Å². The second-order valence-corrected chi connectivity index (χ2v) is 8.63. The summed E-state index contributed by atoms with van der Waals surface area (Å²) in [6.45, 7) is 4.71. The highest BCUT2D eigenvalue weighted by atomic mass is 16.5. The number of para-hydroxylation sites is 1. The number of nitrogens with one attached hydrogen (secondary N) is 1. The van der Waals surface area contributed by atoms with Crippen molar-refractivity contribution >= 4 is 16.5 Å². The average molecular weight is 432 g/mol. The Morgan fingerprint density at radius 2 is 1.70 bits per heavy atom. The molecule has 5 aromatic rings. The second-order valence-electron chi connectivity index (χ2n) is 8.63. The topological polar surface area (TPSA) is 39.1 Å². The molecule has 1 aliphatic rings. The molecular weight excluding hydrogens is 406 g/mol. The lowest BCUT2D eigenvalue weighted by molar-refractivity contribution is 0.300. The maximum absolute atomic E-state index is 6.44. The molecular formula is C29H25N3O. The molecule has 0 saturated heterocycles. The highest BCUT2D eigenvalue weighted by molar-refractivity contribution is 5.90. The monoisotopic (exact) mass is 431 g/mol. The van der Waals surface area contributed by atoms with E-state index < -0.39 is 0 Å². The Bertz CT molecular complexity index is 1470. The van der Waals surface area contributed by atoms with Gasteiger partial charge in [0.1, 0.15) is 12.4 Å². The molecule has 0 fully saturated rings. The molecule has 4 aromatic carbocycles. The molecule has 0 saturated carbocycles. The van der Waals surface area contributed by atoms with Crippen molar-refractivity contribution in [3.63, 3.8) is 0 Å². The first-order valence-corrected chi connectivity index (χ1v) is 11.3. The van der Waals surface area contributed by atoms with Crippen molar-refractivity contribution in [1.29, 1.82) is 0 Å². The SMILES string of the molecule is Cc1cc2n(n1)[C@H](c1c(OCc3ccccc3)ccc3ccccc13)Nc1c(C)cccc1-2. The number of hydrogen-bond acceptors (Lipinski definition) is 3. The van der Waals surface area contributed by atoms with Gasteiger partial charge in [0.15, 0.2) is 6.17 Å². The van der Waals surface area contributed by atoms with E-state index >= 15 is 0 Å². The molecule has 1 aromatic heterocycles. The van der Waals surface area contributed by atoms with Crippen molar-refractivity contribution in [2.75, 3.05) is 5.32 Å². The minimum atomic E-state index is -0.181. The molecule has 0 bridgehead atoms. The van der Waals surface area contributed by atoms with Crippen molar-refractivity contribution in [2.45, 2.75) is 26.6 Å². The summed E-state index contributed by atoms with van der Waals surface area (Å²) in [6.07, 6.45) is -0.181. The fraction of sp³-hybridized carbons (Fsp3) is 0.138. The van der Waals surface area contributed by atoms with Crippen molar-refractivity contribution < 1.29 is 4.74 Å². The van der Waals surface area contributed by atoms with Gasteiger partial charge in [0.25, 0.3) is 0 Å². The van der Waals surface area contributed by atoms with Crippen molar-refractivity contribution in [1.82, 2.24) is 9.78 Å². The van der Waals surface area contributed by atoms with Gasteiger partial charge in [0, 0.05) is 16.8 Å². The summed E-state index contributed by atoms with van der Waals surface area (Å²) in [5.41, 5.74) is 7.91. The van der Waals surface area contributed by atoms with Crippen LogP contribution in [0.4, 0.5) is 5.69 Å². The number of rotatable bonds is 4. The quantitative estimate of drug-likeness (QED) is 0.337. The van der Waals surface area contributed by atoms with E-state index in [0.717, 1.165) is 39.3 Å². The van der Waals surface area contributed by atoms with Crippen LogP contribution in [0.5, 0.6) is 5.75 Å². The maximum Gasteiger partial charge on any atom is 0.151 e. The molecule has 6 rings (SSSR count). The van der Waals surface area contributed by atoms with Crippen LogP contribution < -0.4 is 10.1 Å². The van der Waals surface area contributed by atoms with Gasteiger partial charge >= 0.3 is 0 Å². The van der Waals surface area contributed by atoms with Crippen molar-refractivity contribution in [2.24, 2.45) is 0 Å². The minimum Gasteiger partial charge on any atom is -0.488 e. The van der Waals surface area contributed by atoms with E-state index in [1.807, 2.05) is 25.1 Å². The third-order valence-corrected chi connectivity index (χ3v) is 6.37. The first kappa shape index (κ1) is 19.6.